The van der Waals surface area contributed by atoms with Crippen molar-refractivity contribution in [3.63, 3.8) is 0 Å². The van der Waals surface area contributed by atoms with Crippen molar-refractivity contribution in [1.82, 2.24) is 9.88 Å². The average molecular weight is 475 g/mol. The van der Waals surface area contributed by atoms with Gasteiger partial charge < -0.3 is 14.3 Å². The van der Waals surface area contributed by atoms with Crippen molar-refractivity contribution in [2.75, 3.05) is 13.2 Å². The van der Waals surface area contributed by atoms with Crippen LogP contribution < -0.4 is 5.32 Å². The molecule has 4 heteroatoms. The van der Waals surface area contributed by atoms with Crippen LogP contribution in [0.15, 0.2) is 54.6 Å². The molecule has 0 spiro atoms. The highest BCUT2D eigenvalue weighted by molar-refractivity contribution is 6.74. The Morgan fingerprint density at radius 3 is 2.53 bits per heavy atom. The number of piperidine rings is 1. The maximum atomic E-state index is 6.71. The molecular formula is C30H42N2OSi. The van der Waals surface area contributed by atoms with Gasteiger partial charge >= 0.3 is 0 Å². The smallest absolute Gasteiger partial charge is 0.191 e. The number of benzene rings is 2. The summed E-state index contributed by atoms with van der Waals surface area (Å²) < 4.78 is 9.31. The van der Waals surface area contributed by atoms with Gasteiger partial charge in [0.2, 0.25) is 0 Å². The maximum Gasteiger partial charge on any atom is 0.191 e. The van der Waals surface area contributed by atoms with Crippen molar-refractivity contribution in [2.24, 2.45) is 5.41 Å². The normalized spacial score (nSPS) is 23.0. The molecule has 182 valence electrons. The topological polar surface area (TPSA) is 26.2 Å². The quantitative estimate of drug-likeness (QED) is 0.375. The van der Waals surface area contributed by atoms with Crippen LogP contribution in [0.3, 0.4) is 0 Å². The van der Waals surface area contributed by atoms with Crippen molar-refractivity contribution >= 4 is 19.2 Å². The number of rotatable bonds is 6. The van der Waals surface area contributed by atoms with Crippen LogP contribution in [0.1, 0.15) is 69.3 Å². The Morgan fingerprint density at radius 2 is 1.76 bits per heavy atom. The molecule has 34 heavy (non-hydrogen) atoms. The minimum atomic E-state index is -1.73. The fourth-order valence-electron chi connectivity index (χ4n) is 6.13. The van der Waals surface area contributed by atoms with Crippen molar-refractivity contribution in [3.05, 3.63) is 71.4 Å². The van der Waals surface area contributed by atoms with Crippen molar-refractivity contribution in [2.45, 2.75) is 83.6 Å². The van der Waals surface area contributed by atoms with Crippen LogP contribution in [0.4, 0.5) is 0 Å². The van der Waals surface area contributed by atoms with E-state index in [-0.39, 0.29) is 5.04 Å². The Bertz CT molecular complexity index is 1140. The molecule has 0 unspecified atom stereocenters. The van der Waals surface area contributed by atoms with Crippen LogP contribution in [0, 0.1) is 5.41 Å². The van der Waals surface area contributed by atoms with Gasteiger partial charge in [0, 0.05) is 35.8 Å². The lowest BCUT2D eigenvalue weighted by Crippen LogP contribution is -2.48. The second-order valence-corrected chi connectivity index (χ2v) is 17.0. The molecule has 1 aliphatic carbocycles. The molecule has 1 fully saturated rings. The van der Waals surface area contributed by atoms with E-state index in [9.17, 15) is 0 Å². The van der Waals surface area contributed by atoms with Crippen LogP contribution >= 0.6 is 0 Å². The zero-order valence-corrected chi connectivity index (χ0v) is 22.8. The minimum absolute atomic E-state index is 0.263. The predicted molar refractivity (Wildman–Crippen MR) is 146 cm³/mol. The van der Waals surface area contributed by atoms with E-state index in [2.05, 4.69) is 98.3 Å². The standard InChI is InChI=1S/C30H42N2OSi/c1-29(2,3)34(4,5)33-21-19-30-17-11-20-31-28(30)27-24-14-9-10-15-25(24)32(26(27)16-18-30)22-23-12-7-6-8-13-23/h6-10,12-15,28,31H,11,16-22H2,1-5H3/t28-,30+/m1/s1. The van der Waals surface area contributed by atoms with E-state index >= 15 is 0 Å². The number of aromatic nitrogens is 1. The van der Waals surface area contributed by atoms with E-state index in [1.165, 1.54) is 35.7 Å². The number of fused-ring (bicyclic) bond motifs is 5. The lowest BCUT2D eigenvalue weighted by molar-refractivity contribution is 0.0740. The first kappa shape index (κ1) is 23.8. The van der Waals surface area contributed by atoms with Gasteiger partial charge in [-0.05, 0) is 79.4 Å². The summed E-state index contributed by atoms with van der Waals surface area (Å²) >= 11 is 0. The van der Waals surface area contributed by atoms with Gasteiger partial charge in [-0.3, -0.25) is 0 Å². The molecule has 2 heterocycles. The summed E-state index contributed by atoms with van der Waals surface area (Å²) in [6, 6.07) is 20.5. The monoisotopic (exact) mass is 474 g/mol. The van der Waals surface area contributed by atoms with Crippen LogP contribution in [0.5, 0.6) is 0 Å². The highest BCUT2D eigenvalue weighted by atomic mass is 28.4. The fourth-order valence-corrected chi connectivity index (χ4v) is 7.18. The third kappa shape index (κ3) is 4.18. The molecule has 2 aromatic carbocycles. The van der Waals surface area contributed by atoms with Gasteiger partial charge in [0.1, 0.15) is 0 Å². The second-order valence-electron chi connectivity index (χ2n) is 12.2. The Balaban J connectivity index is 1.49. The van der Waals surface area contributed by atoms with E-state index in [1.54, 1.807) is 11.3 Å². The molecule has 3 aromatic rings. The third-order valence-corrected chi connectivity index (χ3v) is 13.7. The fraction of sp³-hybridized carbons (Fsp3) is 0.533. The van der Waals surface area contributed by atoms with Gasteiger partial charge in [0.05, 0.1) is 0 Å². The van der Waals surface area contributed by atoms with Crippen LogP contribution in [-0.2, 0) is 17.4 Å². The summed E-state index contributed by atoms with van der Waals surface area (Å²) in [7, 11) is -1.73. The molecule has 1 N–H and O–H groups in total. The van der Waals surface area contributed by atoms with Gasteiger partial charge in [-0.2, -0.15) is 0 Å². The molecule has 3 nitrogen and oxygen atoms in total. The summed E-state index contributed by atoms with van der Waals surface area (Å²) in [6.45, 7) is 14.8. The number of nitrogens with one attached hydrogen (secondary N) is 1. The van der Waals surface area contributed by atoms with Gasteiger partial charge in [-0.15, -0.1) is 0 Å². The lowest BCUT2D eigenvalue weighted by Gasteiger charge is -2.49. The van der Waals surface area contributed by atoms with E-state index < -0.39 is 8.32 Å². The van der Waals surface area contributed by atoms with Crippen molar-refractivity contribution < 1.29 is 4.43 Å². The van der Waals surface area contributed by atoms with Gasteiger partial charge in [-0.25, -0.2) is 0 Å². The van der Waals surface area contributed by atoms with Gasteiger partial charge in [-0.1, -0.05) is 69.3 Å². The molecule has 1 aliphatic heterocycles. The average Bonchev–Trinajstić information content (AvgIpc) is 3.12. The molecule has 0 saturated carbocycles. The van der Waals surface area contributed by atoms with Gasteiger partial charge in [0.15, 0.2) is 8.32 Å². The maximum absolute atomic E-state index is 6.71. The first-order chi connectivity index (χ1) is 16.2. The molecule has 0 radical (unpaired) electrons. The molecule has 0 amide bonds. The Kier molecular flexibility index (Phi) is 6.28. The molecule has 5 rings (SSSR count). The predicted octanol–water partition coefficient (Wildman–Crippen LogP) is 7.46. The van der Waals surface area contributed by atoms with E-state index in [4.69, 9.17) is 4.43 Å². The molecule has 2 atom stereocenters. The van der Waals surface area contributed by atoms with Crippen LogP contribution in [0.2, 0.25) is 18.1 Å². The number of hydrogen-bond donors (Lipinski definition) is 1. The highest BCUT2D eigenvalue weighted by Crippen LogP contribution is 2.54. The summed E-state index contributed by atoms with van der Waals surface area (Å²) in [4.78, 5) is 0. The highest BCUT2D eigenvalue weighted by Gasteiger charge is 2.47. The summed E-state index contributed by atoms with van der Waals surface area (Å²) in [5.74, 6) is 0. The van der Waals surface area contributed by atoms with Crippen molar-refractivity contribution in [3.8, 4) is 0 Å². The van der Waals surface area contributed by atoms with Crippen LogP contribution in [-0.4, -0.2) is 26.0 Å². The zero-order valence-electron chi connectivity index (χ0n) is 21.8. The summed E-state index contributed by atoms with van der Waals surface area (Å²) in [5, 5.41) is 5.72. The first-order valence-electron chi connectivity index (χ1n) is 13.2. The Hall–Kier alpha value is -1.88. The number of hydrogen-bond acceptors (Lipinski definition) is 2. The Labute approximate surface area is 207 Å². The molecule has 0 bridgehead atoms. The SMILES string of the molecule is CC(C)(C)[Si](C)(C)OCC[C@@]12CCCN[C@@H]1c1c(n(Cc3ccccc3)c3ccccc13)CC2. The second kappa shape index (κ2) is 8.96. The van der Waals surface area contributed by atoms with Crippen molar-refractivity contribution in [1.29, 1.82) is 0 Å². The van der Waals surface area contributed by atoms with Gasteiger partial charge in [0.25, 0.3) is 0 Å². The number of para-hydroxylation sites is 1. The van der Waals surface area contributed by atoms with E-state index in [0.717, 1.165) is 32.5 Å². The Morgan fingerprint density at radius 1 is 1.03 bits per heavy atom. The van der Waals surface area contributed by atoms with Crippen LogP contribution in [0.25, 0.3) is 10.9 Å². The van der Waals surface area contributed by atoms with E-state index in [1.807, 2.05) is 0 Å². The largest absolute Gasteiger partial charge is 0.417 e. The summed E-state index contributed by atoms with van der Waals surface area (Å²) in [5.41, 5.74) is 6.18. The zero-order chi connectivity index (χ0) is 24.0. The molecular weight excluding hydrogens is 432 g/mol. The first-order valence-corrected chi connectivity index (χ1v) is 16.1. The molecule has 2 aliphatic rings. The third-order valence-electron chi connectivity index (χ3n) is 9.13. The molecule has 1 aromatic heterocycles. The molecule has 1 saturated heterocycles. The minimum Gasteiger partial charge on any atom is -0.417 e. The van der Waals surface area contributed by atoms with E-state index in [0.29, 0.717) is 11.5 Å². The number of nitrogens with zero attached hydrogens (tertiary/aromatic N) is 1. The summed E-state index contributed by atoms with van der Waals surface area (Å²) in [6.07, 6.45) is 6.16. The lowest BCUT2D eigenvalue weighted by atomic mass is 9.63.